The molecule has 0 saturated heterocycles. The summed E-state index contributed by atoms with van der Waals surface area (Å²) < 4.78 is 70.5. The number of sulfonamides is 1. The van der Waals surface area contributed by atoms with Crippen LogP contribution in [-0.4, -0.2) is 31.4 Å². The fourth-order valence-corrected chi connectivity index (χ4v) is 6.23. The molecule has 0 aliphatic heterocycles. The van der Waals surface area contributed by atoms with Crippen LogP contribution in [0.3, 0.4) is 0 Å². The van der Waals surface area contributed by atoms with Gasteiger partial charge in [-0.25, -0.2) is 18.1 Å². The van der Waals surface area contributed by atoms with Gasteiger partial charge in [-0.2, -0.15) is 0 Å². The van der Waals surface area contributed by atoms with E-state index in [0.717, 1.165) is 24.8 Å². The first-order valence-corrected chi connectivity index (χ1v) is 13.3. The third-order valence-electron chi connectivity index (χ3n) is 6.56. The minimum Gasteiger partial charge on any atom is -0.406 e. The van der Waals surface area contributed by atoms with E-state index in [2.05, 4.69) is 40.5 Å². The van der Waals surface area contributed by atoms with Crippen molar-refractivity contribution in [2.45, 2.75) is 57.8 Å². The number of ether oxygens (including phenoxy) is 1. The topological polar surface area (TPSA) is 85.2 Å². The van der Waals surface area contributed by atoms with Crippen molar-refractivity contribution in [3.63, 3.8) is 0 Å². The summed E-state index contributed by atoms with van der Waals surface area (Å²) in [5, 5.41) is 3.20. The summed E-state index contributed by atoms with van der Waals surface area (Å²) in [6.07, 6.45) is -1.49. The Labute approximate surface area is 209 Å². The van der Waals surface area contributed by atoms with E-state index in [1.807, 2.05) is 4.57 Å². The molecule has 2 atom stereocenters. The zero-order chi connectivity index (χ0) is 26.3. The molecule has 196 valence electrons. The van der Waals surface area contributed by atoms with Crippen molar-refractivity contribution in [1.29, 1.82) is 0 Å². The first kappa shape index (κ1) is 26.3. The normalized spacial score (nSPS) is 20.4. The van der Waals surface area contributed by atoms with Gasteiger partial charge in [0.25, 0.3) is 0 Å². The molecule has 0 radical (unpaired) electrons. The van der Waals surface area contributed by atoms with Crippen molar-refractivity contribution in [2.24, 2.45) is 17.3 Å². The van der Waals surface area contributed by atoms with E-state index in [1.54, 1.807) is 12.1 Å². The van der Waals surface area contributed by atoms with Crippen LogP contribution in [0.1, 0.15) is 40.0 Å². The first-order valence-electron chi connectivity index (χ1n) is 11.8. The number of imidazole rings is 1. The fourth-order valence-electron chi connectivity index (χ4n) is 5.48. The zero-order valence-electron chi connectivity index (χ0n) is 20.7. The number of nitrogens with zero attached hydrogens (tertiary/aromatic N) is 2. The van der Waals surface area contributed by atoms with Crippen LogP contribution in [0.2, 0.25) is 0 Å². The van der Waals surface area contributed by atoms with Gasteiger partial charge in [0, 0.05) is 12.2 Å². The number of hydrogen-bond donors (Lipinski definition) is 2. The maximum Gasteiger partial charge on any atom is 0.573 e. The van der Waals surface area contributed by atoms with Crippen LogP contribution in [0.15, 0.2) is 47.4 Å². The number of anilines is 2. The molecule has 1 unspecified atom stereocenters. The van der Waals surface area contributed by atoms with Crippen LogP contribution >= 0.6 is 0 Å². The Morgan fingerprint density at radius 1 is 1.14 bits per heavy atom. The monoisotopic (exact) mass is 524 g/mol. The van der Waals surface area contributed by atoms with Crippen LogP contribution < -0.4 is 14.8 Å². The zero-order valence-corrected chi connectivity index (χ0v) is 21.5. The van der Waals surface area contributed by atoms with E-state index >= 15 is 0 Å². The molecule has 11 heteroatoms. The Morgan fingerprint density at radius 3 is 2.44 bits per heavy atom. The summed E-state index contributed by atoms with van der Waals surface area (Å²) in [7, 11) is -2.30. The second-order valence-electron chi connectivity index (χ2n) is 10.4. The predicted octanol–water partition coefficient (Wildman–Crippen LogP) is 6.05. The molecule has 0 bridgehead atoms. The Hall–Kier alpha value is -2.79. The largest absolute Gasteiger partial charge is 0.573 e. The molecule has 2 N–H and O–H groups in total. The van der Waals surface area contributed by atoms with E-state index < -0.39 is 16.4 Å². The highest BCUT2D eigenvalue weighted by Gasteiger charge is 2.33. The molecule has 36 heavy (non-hydrogen) atoms. The lowest BCUT2D eigenvalue weighted by molar-refractivity contribution is -0.274. The van der Waals surface area contributed by atoms with Gasteiger partial charge < -0.3 is 14.6 Å². The van der Waals surface area contributed by atoms with Crippen molar-refractivity contribution in [3.05, 3.63) is 42.5 Å². The second-order valence-corrected chi connectivity index (χ2v) is 12.3. The molecule has 2 aromatic carbocycles. The van der Waals surface area contributed by atoms with Gasteiger partial charge in [0.1, 0.15) is 5.75 Å². The van der Waals surface area contributed by atoms with Crippen LogP contribution in [0.25, 0.3) is 11.0 Å². The molecule has 1 aromatic heterocycles. The highest BCUT2D eigenvalue weighted by atomic mass is 32.2. The standard InChI is InChI=1S/C25H31F3N4O3S/c1-16-11-17(14-24(2,3)13-16)15-32-22-10-9-20(36(33,34)29-4)12-21(22)31-23(32)30-18-5-7-19(8-6-18)35-25(26,27)28/h5-10,12,16-17,29H,11,13-15H2,1-4H3,(H,30,31)/t16?,17-/m1/s1. The van der Waals surface area contributed by atoms with Gasteiger partial charge >= 0.3 is 6.36 Å². The smallest absolute Gasteiger partial charge is 0.406 e. The summed E-state index contributed by atoms with van der Waals surface area (Å²) in [6, 6.07) is 10.2. The van der Waals surface area contributed by atoms with Gasteiger partial charge in [-0.15, -0.1) is 13.2 Å². The van der Waals surface area contributed by atoms with Crippen molar-refractivity contribution in [1.82, 2.24) is 14.3 Å². The predicted molar refractivity (Wildman–Crippen MR) is 133 cm³/mol. The molecular formula is C25H31F3N4O3S. The van der Waals surface area contributed by atoms with Crippen LogP contribution in [0, 0.1) is 17.3 Å². The summed E-state index contributed by atoms with van der Waals surface area (Å²) in [4.78, 5) is 4.77. The van der Waals surface area contributed by atoms with E-state index in [4.69, 9.17) is 0 Å². The fraction of sp³-hybridized carbons (Fsp3) is 0.480. The number of nitrogens with one attached hydrogen (secondary N) is 2. The molecule has 1 aliphatic carbocycles. The minimum absolute atomic E-state index is 0.106. The van der Waals surface area contributed by atoms with Crippen LogP contribution in [-0.2, 0) is 16.6 Å². The van der Waals surface area contributed by atoms with Gasteiger partial charge in [-0.1, -0.05) is 20.8 Å². The Balaban J connectivity index is 1.70. The van der Waals surface area contributed by atoms with E-state index in [-0.39, 0.29) is 16.1 Å². The van der Waals surface area contributed by atoms with Crippen molar-refractivity contribution >= 4 is 32.7 Å². The molecule has 1 aliphatic rings. The van der Waals surface area contributed by atoms with Gasteiger partial charge in [0.15, 0.2) is 0 Å². The third-order valence-corrected chi connectivity index (χ3v) is 7.97. The number of alkyl halides is 3. The Kier molecular flexibility index (Phi) is 7.00. The van der Waals surface area contributed by atoms with Gasteiger partial charge in [-0.05, 0) is 86.0 Å². The molecule has 0 amide bonds. The number of aromatic nitrogens is 2. The highest BCUT2D eigenvalue weighted by molar-refractivity contribution is 7.89. The molecule has 4 rings (SSSR count). The van der Waals surface area contributed by atoms with E-state index in [9.17, 15) is 21.6 Å². The lowest BCUT2D eigenvalue weighted by atomic mass is 9.68. The third kappa shape index (κ3) is 6.12. The van der Waals surface area contributed by atoms with E-state index in [0.29, 0.717) is 35.5 Å². The molecule has 3 aromatic rings. The van der Waals surface area contributed by atoms with Crippen molar-refractivity contribution < 1.29 is 26.3 Å². The summed E-state index contributed by atoms with van der Waals surface area (Å²) in [6.45, 7) is 7.50. The first-order chi connectivity index (χ1) is 16.7. The highest BCUT2D eigenvalue weighted by Crippen LogP contribution is 2.43. The van der Waals surface area contributed by atoms with Gasteiger partial charge in [0.2, 0.25) is 16.0 Å². The second kappa shape index (κ2) is 9.59. The van der Waals surface area contributed by atoms with Crippen molar-refractivity contribution in [3.8, 4) is 5.75 Å². The molecule has 1 saturated carbocycles. The quantitative estimate of drug-likeness (QED) is 0.393. The number of halogens is 3. The SMILES string of the molecule is CNS(=O)(=O)c1ccc2c(c1)nc(Nc1ccc(OC(F)(F)F)cc1)n2C[C@@H]1CC(C)CC(C)(C)C1. The number of fused-ring (bicyclic) bond motifs is 1. The molecule has 0 spiro atoms. The van der Waals surface area contributed by atoms with Crippen LogP contribution in [0.5, 0.6) is 5.75 Å². The summed E-state index contributed by atoms with van der Waals surface area (Å²) >= 11 is 0. The summed E-state index contributed by atoms with van der Waals surface area (Å²) in [5.74, 6) is 1.15. The van der Waals surface area contributed by atoms with Gasteiger partial charge in [0.05, 0.1) is 15.9 Å². The minimum atomic E-state index is -4.76. The maximum absolute atomic E-state index is 12.5. The number of benzene rings is 2. The Morgan fingerprint density at radius 2 is 1.83 bits per heavy atom. The lowest BCUT2D eigenvalue weighted by Crippen LogP contribution is -2.30. The maximum atomic E-state index is 12.5. The van der Waals surface area contributed by atoms with E-state index in [1.165, 1.54) is 37.4 Å². The number of hydrogen-bond acceptors (Lipinski definition) is 5. The van der Waals surface area contributed by atoms with Crippen molar-refractivity contribution in [2.75, 3.05) is 12.4 Å². The van der Waals surface area contributed by atoms with Crippen LogP contribution in [0.4, 0.5) is 24.8 Å². The molecule has 7 nitrogen and oxygen atoms in total. The molecule has 1 fully saturated rings. The number of rotatable bonds is 7. The molecular weight excluding hydrogens is 493 g/mol. The van der Waals surface area contributed by atoms with Gasteiger partial charge in [-0.3, -0.25) is 0 Å². The average molecular weight is 525 g/mol. The summed E-state index contributed by atoms with van der Waals surface area (Å²) in [5.41, 5.74) is 2.03. The Bertz CT molecular complexity index is 1340. The average Bonchev–Trinajstić information content (AvgIpc) is 3.08. The molecule has 1 heterocycles. The lowest BCUT2D eigenvalue weighted by Gasteiger charge is -2.39.